The molecule has 1 aromatic heterocycles. The summed E-state index contributed by atoms with van der Waals surface area (Å²) in [6.07, 6.45) is 5.11. The van der Waals surface area contributed by atoms with Crippen LogP contribution in [-0.2, 0) is 21.5 Å². The molecule has 0 aliphatic carbocycles. The van der Waals surface area contributed by atoms with Crippen molar-refractivity contribution in [1.29, 1.82) is 0 Å². The zero-order valence-corrected chi connectivity index (χ0v) is 12.5. The van der Waals surface area contributed by atoms with Gasteiger partial charge in [-0.05, 0) is 18.8 Å². The van der Waals surface area contributed by atoms with E-state index in [-0.39, 0.29) is 18.4 Å². The second-order valence-corrected chi connectivity index (χ2v) is 6.53. The average molecular weight is 316 g/mol. The van der Waals surface area contributed by atoms with Crippen LogP contribution in [0.1, 0.15) is 19.3 Å². The molecule has 0 bridgehead atoms. The van der Waals surface area contributed by atoms with Crippen LogP contribution in [0.2, 0.25) is 0 Å². The van der Waals surface area contributed by atoms with Gasteiger partial charge in [0, 0.05) is 26.1 Å². The fraction of sp³-hybridized carbons (Fsp3) is 0.727. The van der Waals surface area contributed by atoms with Gasteiger partial charge in [-0.3, -0.25) is 9.48 Å². The summed E-state index contributed by atoms with van der Waals surface area (Å²) in [4.78, 5) is 17.7. The van der Waals surface area contributed by atoms with E-state index in [9.17, 15) is 13.2 Å². The number of carbonyl (C=O) groups is 1. The first-order valence-electron chi connectivity index (χ1n) is 6.81. The van der Waals surface area contributed by atoms with Crippen LogP contribution in [0.3, 0.4) is 0 Å². The van der Waals surface area contributed by atoms with E-state index in [0.717, 1.165) is 12.8 Å². The first kappa shape index (κ1) is 15.9. The highest BCUT2D eigenvalue weighted by atomic mass is 32.2. The Morgan fingerprint density at radius 2 is 2.29 bits per heavy atom. The molecule has 1 aliphatic heterocycles. The van der Waals surface area contributed by atoms with Crippen molar-refractivity contribution in [3.63, 3.8) is 0 Å². The maximum atomic E-state index is 12.1. The van der Waals surface area contributed by atoms with Crippen molar-refractivity contribution >= 4 is 16.1 Å². The highest BCUT2D eigenvalue weighted by Crippen LogP contribution is 2.16. The summed E-state index contributed by atoms with van der Waals surface area (Å²) in [5.41, 5.74) is 0. The number of aryl methyl sites for hydroxylation is 1. The minimum atomic E-state index is -3.67. The number of carbonyl (C=O) groups excluding carboxylic acids is 1. The van der Waals surface area contributed by atoms with Gasteiger partial charge < -0.3 is 4.90 Å². The van der Waals surface area contributed by atoms with Crippen LogP contribution >= 0.6 is 0 Å². The zero-order valence-electron chi connectivity index (χ0n) is 11.7. The fourth-order valence-corrected chi connectivity index (χ4v) is 2.88. The number of hydrogen-bond donors (Lipinski definition) is 2. The SMILES string of the molecule is NS(=O)(=O)NCC1CCCN(C(=O)CCn2cncn2)C1. The van der Waals surface area contributed by atoms with Gasteiger partial charge in [-0.2, -0.15) is 13.5 Å². The van der Waals surface area contributed by atoms with Crippen LogP contribution in [0.15, 0.2) is 12.7 Å². The summed E-state index contributed by atoms with van der Waals surface area (Å²) in [5, 5.41) is 8.86. The molecule has 9 nitrogen and oxygen atoms in total. The predicted molar refractivity (Wildman–Crippen MR) is 75.1 cm³/mol. The quantitative estimate of drug-likeness (QED) is 0.675. The molecule has 0 spiro atoms. The van der Waals surface area contributed by atoms with Gasteiger partial charge in [0.25, 0.3) is 10.2 Å². The van der Waals surface area contributed by atoms with E-state index in [1.807, 2.05) is 0 Å². The Balaban J connectivity index is 1.78. The Kier molecular flexibility index (Phi) is 5.26. The van der Waals surface area contributed by atoms with Crippen molar-refractivity contribution < 1.29 is 13.2 Å². The summed E-state index contributed by atoms with van der Waals surface area (Å²) < 4.78 is 25.7. The van der Waals surface area contributed by atoms with Crippen LogP contribution < -0.4 is 9.86 Å². The third-order valence-corrected chi connectivity index (χ3v) is 4.04. The molecule has 0 aromatic carbocycles. The van der Waals surface area contributed by atoms with E-state index in [2.05, 4.69) is 14.8 Å². The lowest BCUT2D eigenvalue weighted by molar-refractivity contribution is -0.133. The summed E-state index contributed by atoms with van der Waals surface area (Å²) in [6, 6.07) is 0. The molecule has 118 valence electrons. The standard InChI is InChI=1S/C11H20N6O3S/c12-21(19,20)15-6-10-2-1-4-16(7-10)11(18)3-5-17-9-13-8-14-17/h8-10,15H,1-7H2,(H2,12,19,20). The summed E-state index contributed by atoms with van der Waals surface area (Å²) in [7, 11) is -3.67. The molecule has 0 saturated carbocycles. The Bertz CT molecular complexity index is 559. The largest absolute Gasteiger partial charge is 0.342 e. The predicted octanol–water partition coefficient (Wildman–Crippen LogP) is -1.30. The first-order chi connectivity index (χ1) is 9.94. The van der Waals surface area contributed by atoms with Crippen molar-refractivity contribution in [2.45, 2.75) is 25.8 Å². The molecule has 1 atom stereocenters. The smallest absolute Gasteiger partial charge is 0.274 e. The Morgan fingerprint density at radius 3 is 2.95 bits per heavy atom. The van der Waals surface area contributed by atoms with Crippen LogP contribution in [-0.4, -0.2) is 53.6 Å². The minimum Gasteiger partial charge on any atom is -0.342 e. The van der Waals surface area contributed by atoms with E-state index >= 15 is 0 Å². The summed E-state index contributed by atoms with van der Waals surface area (Å²) in [5.74, 6) is 0.151. The molecule has 1 fully saturated rings. The Labute approximate surface area is 123 Å². The number of nitrogens with zero attached hydrogens (tertiary/aromatic N) is 4. The Morgan fingerprint density at radius 1 is 1.48 bits per heavy atom. The topological polar surface area (TPSA) is 123 Å². The van der Waals surface area contributed by atoms with Gasteiger partial charge >= 0.3 is 0 Å². The highest BCUT2D eigenvalue weighted by Gasteiger charge is 2.24. The molecule has 1 saturated heterocycles. The van der Waals surface area contributed by atoms with Crippen molar-refractivity contribution in [2.24, 2.45) is 11.1 Å². The van der Waals surface area contributed by atoms with E-state index in [4.69, 9.17) is 5.14 Å². The van der Waals surface area contributed by atoms with Crippen LogP contribution in [0.5, 0.6) is 0 Å². The monoisotopic (exact) mass is 316 g/mol. The molecule has 1 amide bonds. The molecule has 10 heteroatoms. The van der Waals surface area contributed by atoms with Crippen LogP contribution in [0.25, 0.3) is 0 Å². The van der Waals surface area contributed by atoms with Gasteiger partial charge in [0.15, 0.2) is 0 Å². The van der Waals surface area contributed by atoms with E-state index in [0.29, 0.717) is 26.1 Å². The van der Waals surface area contributed by atoms with Crippen molar-refractivity contribution in [3.8, 4) is 0 Å². The molecule has 0 radical (unpaired) electrons. The minimum absolute atomic E-state index is 0.0470. The number of hydrogen-bond acceptors (Lipinski definition) is 5. The lowest BCUT2D eigenvalue weighted by Crippen LogP contribution is -2.44. The fourth-order valence-electron chi connectivity index (χ4n) is 2.41. The third kappa shape index (κ3) is 5.40. The lowest BCUT2D eigenvalue weighted by Gasteiger charge is -2.32. The summed E-state index contributed by atoms with van der Waals surface area (Å²) in [6.45, 7) is 2.03. The molecule has 1 aromatic rings. The average Bonchev–Trinajstić information content (AvgIpc) is 2.95. The van der Waals surface area contributed by atoms with E-state index in [1.54, 1.807) is 15.9 Å². The van der Waals surface area contributed by atoms with Gasteiger partial charge in [0.2, 0.25) is 5.91 Å². The lowest BCUT2D eigenvalue weighted by atomic mass is 9.98. The number of amides is 1. The first-order valence-corrected chi connectivity index (χ1v) is 8.36. The van der Waals surface area contributed by atoms with Gasteiger partial charge in [0.05, 0.1) is 6.54 Å². The van der Waals surface area contributed by atoms with E-state index in [1.165, 1.54) is 6.33 Å². The van der Waals surface area contributed by atoms with Gasteiger partial charge in [-0.25, -0.2) is 14.8 Å². The molecule has 2 rings (SSSR count). The normalized spacial score (nSPS) is 19.7. The molecular formula is C11H20N6O3S. The number of nitrogens with two attached hydrogens (primary N) is 1. The molecule has 1 aliphatic rings. The zero-order chi connectivity index (χ0) is 15.3. The number of rotatable bonds is 6. The molecule has 2 heterocycles. The highest BCUT2D eigenvalue weighted by molar-refractivity contribution is 7.87. The molecule has 1 unspecified atom stereocenters. The van der Waals surface area contributed by atoms with Crippen LogP contribution in [0.4, 0.5) is 0 Å². The van der Waals surface area contributed by atoms with Gasteiger partial charge in [0.1, 0.15) is 12.7 Å². The number of aromatic nitrogens is 3. The number of likely N-dealkylation sites (tertiary alicyclic amines) is 1. The number of piperidine rings is 1. The number of nitrogens with one attached hydrogen (secondary N) is 1. The van der Waals surface area contributed by atoms with Crippen molar-refractivity contribution in [3.05, 3.63) is 12.7 Å². The van der Waals surface area contributed by atoms with Crippen molar-refractivity contribution in [2.75, 3.05) is 19.6 Å². The summed E-state index contributed by atoms with van der Waals surface area (Å²) >= 11 is 0. The molecule has 21 heavy (non-hydrogen) atoms. The maximum Gasteiger partial charge on any atom is 0.274 e. The third-order valence-electron chi connectivity index (χ3n) is 3.47. The maximum absolute atomic E-state index is 12.1. The van der Waals surface area contributed by atoms with Gasteiger partial charge in [-0.1, -0.05) is 0 Å². The molecule has 3 N–H and O–H groups in total. The molecular weight excluding hydrogens is 296 g/mol. The second kappa shape index (κ2) is 6.96. The Hall–Kier alpha value is -1.52. The van der Waals surface area contributed by atoms with Crippen molar-refractivity contribution in [1.82, 2.24) is 24.4 Å². The van der Waals surface area contributed by atoms with E-state index < -0.39 is 10.2 Å². The van der Waals surface area contributed by atoms with Gasteiger partial charge in [-0.15, -0.1) is 0 Å². The second-order valence-electron chi connectivity index (χ2n) is 5.15. The van der Waals surface area contributed by atoms with Crippen LogP contribution in [0, 0.1) is 5.92 Å².